The monoisotopic (exact) mass is 426 g/mol. The summed E-state index contributed by atoms with van der Waals surface area (Å²) in [6.07, 6.45) is 3.96. The molecule has 1 aliphatic rings. The van der Waals surface area contributed by atoms with Gasteiger partial charge in [0.15, 0.2) is 0 Å². The predicted octanol–water partition coefficient (Wildman–Crippen LogP) is 4.05. The number of rotatable bonds is 7. The van der Waals surface area contributed by atoms with E-state index >= 15 is 0 Å². The molecular formula is C23H26N2O4S. The molecule has 6 nitrogen and oxygen atoms in total. The van der Waals surface area contributed by atoms with Crippen molar-refractivity contribution in [2.75, 3.05) is 7.11 Å². The average molecular weight is 427 g/mol. The number of thiophene rings is 1. The molecule has 0 spiro atoms. The number of carboxylic acid groups (broad SMARTS) is 1. The van der Waals surface area contributed by atoms with E-state index in [0.29, 0.717) is 31.1 Å². The third-order valence-electron chi connectivity index (χ3n) is 5.79. The Kier molecular flexibility index (Phi) is 5.90. The van der Waals surface area contributed by atoms with Crippen molar-refractivity contribution in [1.29, 1.82) is 0 Å². The Morgan fingerprint density at radius 3 is 2.80 bits per heavy atom. The zero-order valence-corrected chi connectivity index (χ0v) is 18.1. The Hall–Kier alpha value is -2.67. The Labute approximate surface area is 179 Å². The number of carbonyl (C=O) groups is 1. The molecule has 2 heterocycles. The predicted molar refractivity (Wildman–Crippen MR) is 118 cm³/mol. The molecule has 0 fully saturated rings. The highest BCUT2D eigenvalue weighted by atomic mass is 32.1. The second-order valence-corrected chi connectivity index (χ2v) is 9.12. The van der Waals surface area contributed by atoms with Crippen LogP contribution in [0.15, 0.2) is 29.1 Å². The van der Waals surface area contributed by atoms with E-state index in [1.165, 1.54) is 4.88 Å². The minimum Gasteiger partial charge on any atom is -0.497 e. The minimum atomic E-state index is -0.851. The Balaban J connectivity index is 1.77. The lowest BCUT2D eigenvalue weighted by Gasteiger charge is -2.18. The second kappa shape index (κ2) is 8.60. The normalized spacial score (nSPS) is 15.9. The van der Waals surface area contributed by atoms with E-state index in [1.807, 2.05) is 24.3 Å². The van der Waals surface area contributed by atoms with Crippen molar-refractivity contribution in [3.63, 3.8) is 0 Å². The van der Waals surface area contributed by atoms with Crippen LogP contribution in [0.3, 0.4) is 0 Å². The lowest BCUT2D eigenvalue weighted by molar-refractivity contribution is -0.137. The molecule has 0 bridgehead atoms. The molecule has 0 saturated heterocycles. The van der Waals surface area contributed by atoms with Gasteiger partial charge in [-0.1, -0.05) is 19.1 Å². The molecule has 158 valence electrons. The van der Waals surface area contributed by atoms with Crippen molar-refractivity contribution in [3.8, 4) is 5.75 Å². The summed E-state index contributed by atoms with van der Waals surface area (Å²) in [6.45, 7) is 2.61. The highest BCUT2D eigenvalue weighted by Crippen LogP contribution is 2.36. The maximum Gasteiger partial charge on any atom is 0.303 e. The molecule has 0 amide bonds. The van der Waals surface area contributed by atoms with Crippen LogP contribution in [0.5, 0.6) is 5.75 Å². The first kappa shape index (κ1) is 20.6. The van der Waals surface area contributed by atoms with Gasteiger partial charge in [-0.15, -0.1) is 11.3 Å². The molecule has 0 aliphatic heterocycles. The zero-order chi connectivity index (χ0) is 21.3. The van der Waals surface area contributed by atoms with E-state index in [2.05, 4.69) is 6.92 Å². The Morgan fingerprint density at radius 1 is 1.33 bits per heavy atom. The molecule has 1 aliphatic carbocycles. The summed E-state index contributed by atoms with van der Waals surface area (Å²) in [4.78, 5) is 31.5. The van der Waals surface area contributed by atoms with E-state index in [0.717, 1.165) is 46.4 Å². The lowest BCUT2D eigenvalue weighted by Crippen LogP contribution is -2.26. The van der Waals surface area contributed by atoms with Gasteiger partial charge >= 0.3 is 5.97 Å². The van der Waals surface area contributed by atoms with E-state index in [4.69, 9.17) is 14.8 Å². The fourth-order valence-electron chi connectivity index (χ4n) is 4.15. The number of aromatic nitrogens is 2. The summed E-state index contributed by atoms with van der Waals surface area (Å²) >= 11 is 1.65. The summed E-state index contributed by atoms with van der Waals surface area (Å²) < 4.78 is 6.92. The van der Waals surface area contributed by atoms with Crippen molar-refractivity contribution < 1.29 is 14.6 Å². The van der Waals surface area contributed by atoms with E-state index < -0.39 is 5.97 Å². The van der Waals surface area contributed by atoms with Crippen LogP contribution in [0.4, 0.5) is 0 Å². The van der Waals surface area contributed by atoms with Gasteiger partial charge in [0.2, 0.25) is 0 Å². The fraction of sp³-hybridized carbons (Fsp3) is 0.435. The van der Waals surface area contributed by atoms with Gasteiger partial charge in [-0.05, 0) is 54.9 Å². The van der Waals surface area contributed by atoms with Crippen molar-refractivity contribution in [3.05, 3.63) is 56.4 Å². The molecule has 1 atom stereocenters. The van der Waals surface area contributed by atoms with Gasteiger partial charge in [0.05, 0.1) is 12.5 Å². The standard InChI is InChI=1S/C23H26N2O4S/c1-14-5-10-17-18(12-14)30-22-21(17)23(28)25(11-3-4-20(26)27)19(24-22)13-15-6-8-16(29-2)9-7-15/h6-9,14H,3-5,10-13H2,1-2H3,(H,26,27). The first-order valence-electron chi connectivity index (χ1n) is 10.3. The third-order valence-corrected chi connectivity index (χ3v) is 6.94. The topological polar surface area (TPSA) is 81.4 Å². The summed E-state index contributed by atoms with van der Waals surface area (Å²) in [5, 5.41) is 9.77. The van der Waals surface area contributed by atoms with Crippen LogP contribution in [0.25, 0.3) is 10.2 Å². The van der Waals surface area contributed by atoms with E-state index in [9.17, 15) is 9.59 Å². The second-order valence-electron chi connectivity index (χ2n) is 8.04. The third kappa shape index (κ3) is 4.12. The number of methoxy groups -OCH3 is 1. The number of nitrogens with zero attached hydrogens (tertiary/aromatic N) is 2. The number of hydrogen-bond donors (Lipinski definition) is 1. The summed E-state index contributed by atoms with van der Waals surface area (Å²) in [7, 11) is 1.63. The van der Waals surface area contributed by atoms with Gasteiger partial charge in [0, 0.05) is 24.3 Å². The lowest BCUT2D eigenvalue weighted by atomic mass is 9.89. The van der Waals surface area contributed by atoms with Gasteiger partial charge in [-0.3, -0.25) is 14.2 Å². The number of hydrogen-bond acceptors (Lipinski definition) is 5. The van der Waals surface area contributed by atoms with Gasteiger partial charge in [0.1, 0.15) is 16.4 Å². The van der Waals surface area contributed by atoms with Crippen molar-refractivity contribution in [1.82, 2.24) is 9.55 Å². The smallest absolute Gasteiger partial charge is 0.303 e. The molecule has 0 saturated carbocycles. The van der Waals surface area contributed by atoms with Crippen LogP contribution in [0.1, 0.15) is 48.0 Å². The maximum absolute atomic E-state index is 13.5. The van der Waals surface area contributed by atoms with Gasteiger partial charge in [-0.25, -0.2) is 4.98 Å². The number of aryl methyl sites for hydroxylation is 1. The molecule has 4 rings (SSSR count). The van der Waals surface area contributed by atoms with Crippen LogP contribution in [-0.4, -0.2) is 27.7 Å². The maximum atomic E-state index is 13.5. The number of aliphatic carboxylic acids is 1. The molecular weight excluding hydrogens is 400 g/mol. The Bertz CT molecular complexity index is 1130. The molecule has 30 heavy (non-hydrogen) atoms. The molecule has 0 radical (unpaired) electrons. The zero-order valence-electron chi connectivity index (χ0n) is 17.3. The van der Waals surface area contributed by atoms with Crippen LogP contribution >= 0.6 is 11.3 Å². The molecule has 7 heteroatoms. The molecule has 2 aromatic heterocycles. The van der Waals surface area contributed by atoms with Crippen LogP contribution in [-0.2, 0) is 30.6 Å². The molecule has 1 N–H and O–H groups in total. The molecule has 1 aromatic carbocycles. The van der Waals surface area contributed by atoms with Crippen molar-refractivity contribution >= 4 is 27.5 Å². The van der Waals surface area contributed by atoms with Crippen LogP contribution in [0, 0.1) is 5.92 Å². The summed E-state index contributed by atoms with van der Waals surface area (Å²) in [5.74, 6) is 1.24. The summed E-state index contributed by atoms with van der Waals surface area (Å²) in [6, 6.07) is 7.73. The van der Waals surface area contributed by atoms with E-state index in [-0.39, 0.29) is 12.0 Å². The van der Waals surface area contributed by atoms with Crippen LogP contribution < -0.4 is 10.3 Å². The van der Waals surface area contributed by atoms with Crippen LogP contribution in [0.2, 0.25) is 0 Å². The first-order chi connectivity index (χ1) is 14.5. The number of carboxylic acids is 1. The minimum absolute atomic E-state index is 0.0269. The van der Waals surface area contributed by atoms with Gasteiger partial charge in [-0.2, -0.15) is 0 Å². The highest BCUT2D eigenvalue weighted by Gasteiger charge is 2.24. The number of fused-ring (bicyclic) bond motifs is 3. The highest BCUT2D eigenvalue weighted by molar-refractivity contribution is 7.18. The quantitative estimate of drug-likeness (QED) is 0.616. The van der Waals surface area contributed by atoms with Gasteiger partial charge in [0.25, 0.3) is 5.56 Å². The Morgan fingerprint density at radius 2 is 2.10 bits per heavy atom. The number of benzene rings is 1. The van der Waals surface area contributed by atoms with E-state index in [1.54, 1.807) is 23.0 Å². The fourth-order valence-corrected chi connectivity index (χ4v) is 5.54. The number of ether oxygens (including phenoxy) is 1. The first-order valence-corrected chi connectivity index (χ1v) is 11.2. The SMILES string of the molecule is COc1ccc(Cc2nc3sc4c(c3c(=O)n2CCCC(=O)O)CCC(C)C4)cc1. The largest absolute Gasteiger partial charge is 0.497 e. The van der Waals surface area contributed by atoms with Crippen molar-refractivity contribution in [2.45, 2.75) is 52.0 Å². The molecule has 3 aromatic rings. The average Bonchev–Trinajstić information content (AvgIpc) is 3.08. The summed E-state index contributed by atoms with van der Waals surface area (Å²) in [5.41, 5.74) is 2.17. The molecule has 1 unspecified atom stereocenters. The van der Waals surface area contributed by atoms with Crippen molar-refractivity contribution in [2.24, 2.45) is 5.92 Å². The van der Waals surface area contributed by atoms with Gasteiger partial charge < -0.3 is 9.84 Å².